The lowest BCUT2D eigenvalue weighted by Gasteiger charge is -2.30. The van der Waals surface area contributed by atoms with Crippen molar-refractivity contribution in [3.05, 3.63) is 88.3 Å². The molecule has 2 aromatic carbocycles. The number of fused-ring (bicyclic) bond motifs is 1. The van der Waals surface area contributed by atoms with E-state index in [0.717, 1.165) is 22.2 Å². The van der Waals surface area contributed by atoms with E-state index in [4.69, 9.17) is 9.84 Å². The van der Waals surface area contributed by atoms with Gasteiger partial charge in [-0.15, -0.1) is 23.1 Å². The number of para-hydroxylation sites is 1. The molecule has 1 saturated heterocycles. The number of carbonyl (C=O) groups is 2. The van der Waals surface area contributed by atoms with Crippen LogP contribution in [0.1, 0.15) is 21.9 Å². The summed E-state index contributed by atoms with van der Waals surface area (Å²) in [5.74, 6) is -1.44. The van der Waals surface area contributed by atoms with Crippen molar-refractivity contribution in [3.63, 3.8) is 0 Å². The van der Waals surface area contributed by atoms with Gasteiger partial charge in [-0.05, 0) is 36.1 Å². The molecule has 0 bridgehead atoms. The van der Waals surface area contributed by atoms with Gasteiger partial charge in [-0.1, -0.05) is 30.3 Å². The molecule has 0 spiro atoms. The van der Waals surface area contributed by atoms with Crippen LogP contribution in [0.5, 0.6) is 0 Å². The molecule has 2 aliphatic heterocycles. The first kappa shape index (κ1) is 26.7. The second-order valence-electron chi connectivity index (χ2n) is 9.59. The zero-order valence-corrected chi connectivity index (χ0v) is 23.3. The molecule has 0 radical (unpaired) electrons. The van der Waals surface area contributed by atoms with Crippen molar-refractivity contribution in [2.45, 2.75) is 12.2 Å². The summed E-state index contributed by atoms with van der Waals surface area (Å²) in [7, 11) is 0. The Morgan fingerprint density at radius 1 is 1.10 bits per heavy atom. The number of aryl methyl sites for hydroxylation is 1. The van der Waals surface area contributed by atoms with Crippen LogP contribution in [0.25, 0.3) is 16.3 Å². The topological polar surface area (TPSA) is 67.7 Å². The van der Waals surface area contributed by atoms with Crippen molar-refractivity contribution >= 4 is 40.7 Å². The van der Waals surface area contributed by atoms with Crippen molar-refractivity contribution in [3.8, 4) is 16.3 Å². The van der Waals surface area contributed by atoms with Crippen molar-refractivity contribution in [1.82, 2.24) is 14.7 Å². The predicted octanol–water partition coefficient (Wildman–Crippen LogP) is 5.22. The lowest BCUT2D eigenvalue weighted by atomic mass is 10.0. The van der Waals surface area contributed by atoms with Gasteiger partial charge in [-0.25, -0.2) is 13.5 Å². The van der Waals surface area contributed by atoms with Crippen LogP contribution in [0.15, 0.2) is 60.0 Å². The van der Waals surface area contributed by atoms with Crippen LogP contribution >= 0.6 is 23.1 Å². The van der Waals surface area contributed by atoms with Crippen LogP contribution in [0.4, 0.5) is 14.6 Å². The molecule has 0 aliphatic carbocycles. The quantitative estimate of drug-likeness (QED) is 0.324. The molecule has 1 fully saturated rings. The van der Waals surface area contributed by atoms with Crippen LogP contribution in [0, 0.1) is 18.6 Å². The second-order valence-corrected chi connectivity index (χ2v) is 11.6. The summed E-state index contributed by atoms with van der Waals surface area (Å²) in [5, 5.41) is 6.27. The number of nitrogens with zero attached hydrogens (tertiary/aromatic N) is 4. The fraction of sp³-hybridized carbons (Fsp3) is 0.276. The largest absolute Gasteiger partial charge is 0.378 e. The van der Waals surface area contributed by atoms with Crippen LogP contribution in [0.3, 0.4) is 0 Å². The molecule has 1 atom stereocenters. The van der Waals surface area contributed by atoms with Crippen LogP contribution in [0.2, 0.25) is 0 Å². The van der Waals surface area contributed by atoms with Crippen LogP contribution < -0.4 is 4.90 Å². The van der Waals surface area contributed by atoms with Gasteiger partial charge in [0.2, 0.25) is 11.8 Å². The lowest BCUT2D eigenvalue weighted by molar-refractivity contribution is -0.134. The fourth-order valence-electron chi connectivity index (χ4n) is 5.09. The van der Waals surface area contributed by atoms with E-state index in [0.29, 0.717) is 43.4 Å². The molecule has 7 nitrogen and oxygen atoms in total. The number of hydrogen-bond acceptors (Lipinski definition) is 6. The third-order valence-corrected chi connectivity index (χ3v) is 9.20. The van der Waals surface area contributed by atoms with Crippen molar-refractivity contribution in [2.75, 3.05) is 43.5 Å². The Balaban J connectivity index is 1.60. The number of thiophene rings is 1. The monoisotopic (exact) mass is 580 g/mol. The van der Waals surface area contributed by atoms with E-state index < -0.39 is 16.9 Å². The number of morpholine rings is 1. The van der Waals surface area contributed by atoms with E-state index in [-0.39, 0.29) is 29.7 Å². The van der Waals surface area contributed by atoms with E-state index >= 15 is 4.39 Å². The molecular formula is C29H26F2N4O3S2. The summed E-state index contributed by atoms with van der Waals surface area (Å²) in [5.41, 5.74) is 3.11. The fourth-order valence-corrected chi connectivity index (χ4v) is 7.03. The van der Waals surface area contributed by atoms with Crippen molar-refractivity contribution in [2.24, 2.45) is 0 Å². The highest BCUT2D eigenvalue weighted by molar-refractivity contribution is 8.00. The Bertz CT molecular complexity index is 1570. The van der Waals surface area contributed by atoms with E-state index in [9.17, 15) is 14.0 Å². The van der Waals surface area contributed by atoms with Crippen LogP contribution in [-0.2, 0) is 14.3 Å². The highest BCUT2D eigenvalue weighted by Gasteiger charge is 2.39. The third kappa shape index (κ3) is 4.93. The number of ether oxygens (including phenoxy) is 1. The summed E-state index contributed by atoms with van der Waals surface area (Å²) in [4.78, 5) is 31.3. The molecule has 2 amide bonds. The number of rotatable bonds is 5. The third-order valence-electron chi connectivity index (χ3n) is 7.09. The number of aromatic nitrogens is 2. The number of carbonyl (C=O) groups excluding carboxylic acids is 2. The summed E-state index contributed by atoms with van der Waals surface area (Å²) >= 11 is 2.73. The number of hydrogen-bond donors (Lipinski definition) is 0. The van der Waals surface area contributed by atoms with Gasteiger partial charge in [0, 0.05) is 30.3 Å². The number of anilines is 1. The Labute approximate surface area is 238 Å². The molecule has 4 heterocycles. The van der Waals surface area contributed by atoms with Gasteiger partial charge >= 0.3 is 0 Å². The van der Waals surface area contributed by atoms with Crippen molar-refractivity contribution < 1.29 is 23.1 Å². The Kier molecular flexibility index (Phi) is 7.43. The minimum atomic E-state index is -0.700. The zero-order chi connectivity index (χ0) is 27.8. The average Bonchev–Trinajstić information content (AvgIpc) is 3.59. The number of amides is 2. The first-order chi connectivity index (χ1) is 19.4. The van der Waals surface area contributed by atoms with E-state index in [1.807, 2.05) is 48.7 Å². The smallest absolute Gasteiger partial charge is 0.242 e. The number of benzene rings is 2. The molecule has 4 aromatic rings. The minimum Gasteiger partial charge on any atom is -0.378 e. The highest BCUT2D eigenvalue weighted by Crippen LogP contribution is 2.49. The SMILES string of the molecule is Cc1ccccc1-n1nc(-c2cccs2)c2c1N(CC(=O)N1CCOCC1)C(=O)CS[C@H]2c1ccc(F)cc1F. The normalized spacial score (nSPS) is 17.6. The van der Waals surface area contributed by atoms with E-state index in [1.54, 1.807) is 9.58 Å². The zero-order valence-electron chi connectivity index (χ0n) is 21.7. The summed E-state index contributed by atoms with van der Waals surface area (Å²) < 4.78 is 36.4. The summed E-state index contributed by atoms with van der Waals surface area (Å²) in [6.45, 7) is 3.54. The molecule has 0 saturated carbocycles. The molecule has 2 aliphatic rings. The maximum atomic E-state index is 15.3. The summed E-state index contributed by atoms with van der Waals surface area (Å²) in [6, 6.07) is 15.0. The Hall–Kier alpha value is -3.54. The number of thioether (sulfide) groups is 1. The summed E-state index contributed by atoms with van der Waals surface area (Å²) in [6.07, 6.45) is 0. The molecule has 0 N–H and O–H groups in total. The Morgan fingerprint density at radius 3 is 2.62 bits per heavy atom. The molecule has 206 valence electrons. The number of halogens is 2. The van der Waals surface area contributed by atoms with Crippen LogP contribution in [-0.4, -0.2) is 65.1 Å². The maximum absolute atomic E-state index is 15.3. The van der Waals surface area contributed by atoms with Gasteiger partial charge < -0.3 is 9.64 Å². The molecule has 11 heteroatoms. The van der Waals surface area contributed by atoms with Gasteiger partial charge in [-0.2, -0.15) is 5.10 Å². The maximum Gasteiger partial charge on any atom is 0.242 e. The lowest BCUT2D eigenvalue weighted by Crippen LogP contribution is -2.48. The van der Waals surface area contributed by atoms with Gasteiger partial charge in [0.1, 0.15) is 29.7 Å². The molecule has 6 rings (SSSR count). The Morgan fingerprint density at radius 2 is 1.90 bits per heavy atom. The van der Waals surface area contributed by atoms with Crippen molar-refractivity contribution in [1.29, 1.82) is 0 Å². The van der Waals surface area contributed by atoms with Gasteiger partial charge in [0.05, 0.1) is 34.8 Å². The van der Waals surface area contributed by atoms with E-state index in [2.05, 4.69) is 0 Å². The van der Waals surface area contributed by atoms with Gasteiger partial charge in [0.15, 0.2) is 0 Å². The first-order valence-corrected chi connectivity index (χ1v) is 14.8. The second kappa shape index (κ2) is 11.1. The average molecular weight is 581 g/mol. The van der Waals surface area contributed by atoms with E-state index in [1.165, 1.54) is 40.1 Å². The first-order valence-electron chi connectivity index (χ1n) is 12.9. The molecule has 40 heavy (non-hydrogen) atoms. The molecule has 0 unspecified atom stereocenters. The van der Waals surface area contributed by atoms with Gasteiger partial charge in [-0.3, -0.25) is 14.5 Å². The predicted molar refractivity (Wildman–Crippen MR) is 152 cm³/mol. The standard InChI is InChI=1S/C29H26F2N4O3S2/c1-18-5-2-3-6-22(18)35-29-26(27(32-35)23-7-4-14-39-23)28(20-9-8-19(30)15-21(20)31)40-17-25(37)34(29)16-24(36)33-10-12-38-13-11-33/h2-9,14-15,28H,10-13,16-17H2,1H3/t28-/m0/s1. The molecule has 2 aromatic heterocycles. The minimum absolute atomic E-state index is 0.00417. The van der Waals surface area contributed by atoms with Gasteiger partial charge in [0.25, 0.3) is 0 Å². The highest BCUT2D eigenvalue weighted by atomic mass is 32.2. The molecular weight excluding hydrogens is 554 g/mol.